The fourth-order valence-electron chi connectivity index (χ4n) is 3.09. The quantitative estimate of drug-likeness (QED) is 0.795. The van der Waals surface area contributed by atoms with E-state index in [4.69, 9.17) is 16.6 Å². The molecule has 0 bridgehead atoms. The van der Waals surface area contributed by atoms with Gasteiger partial charge in [0.1, 0.15) is 5.82 Å². The van der Waals surface area contributed by atoms with E-state index in [1.165, 1.54) is 0 Å². The summed E-state index contributed by atoms with van der Waals surface area (Å²) in [5.74, 6) is 0.168. The van der Waals surface area contributed by atoms with Crippen LogP contribution >= 0.6 is 0 Å². The van der Waals surface area contributed by atoms with Crippen LogP contribution in [0, 0.1) is 0 Å². The summed E-state index contributed by atoms with van der Waals surface area (Å²) >= 11 is 0. The second kappa shape index (κ2) is 5.63. The lowest BCUT2D eigenvalue weighted by molar-refractivity contribution is 0.0697. The van der Waals surface area contributed by atoms with Crippen molar-refractivity contribution in [1.82, 2.24) is 9.97 Å². The van der Waals surface area contributed by atoms with Crippen LogP contribution in [0.15, 0.2) is 24.3 Å². The molecule has 0 saturated heterocycles. The summed E-state index contributed by atoms with van der Waals surface area (Å²) in [6, 6.07) is 7.00. The second-order valence-electron chi connectivity index (χ2n) is 5.60. The number of benzene rings is 1. The maximum absolute atomic E-state index is 10.8. The van der Waals surface area contributed by atoms with Crippen molar-refractivity contribution in [2.24, 2.45) is 0 Å². The Morgan fingerprint density at radius 1 is 1.23 bits per heavy atom. The van der Waals surface area contributed by atoms with E-state index in [9.17, 15) is 4.79 Å². The molecule has 0 aliphatic heterocycles. The largest absolute Gasteiger partial charge is 0.478 e. The first-order valence-electron chi connectivity index (χ1n) is 7.28. The molecule has 22 heavy (non-hydrogen) atoms. The standard InChI is InChI=1S/C16H18N4O2/c17-14-13-10(7-8-12(13)19-16(18)20-14)4-1-9-2-5-11(6-3-9)15(21)22/h2-3,5-6,10H,1,4,7-8H2,(H,21,22)(H4,17,18,19,20). The van der Waals surface area contributed by atoms with E-state index in [1.807, 2.05) is 12.1 Å². The lowest BCUT2D eigenvalue weighted by atomic mass is 9.94. The van der Waals surface area contributed by atoms with Gasteiger partial charge in [-0.3, -0.25) is 0 Å². The van der Waals surface area contributed by atoms with Gasteiger partial charge in [0.25, 0.3) is 0 Å². The second-order valence-corrected chi connectivity index (χ2v) is 5.60. The van der Waals surface area contributed by atoms with Crippen LogP contribution in [0.3, 0.4) is 0 Å². The smallest absolute Gasteiger partial charge is 0.335 e. The molecule has 1 heterocycles. The van der Waals surface area contributed by atoms with Gasteiger partial charge in [-0.05, 0) is 49.3 Å². The van der Waals surface area contributed by atoms with Crippen molar-refractivity contribution in [1.29, 1.82) is 0 Å². The number of carboxylic acid groups (broad SMARTS) is 1. The molecule has 1 aromatic heterocycles. The number of rotatable bonds is 4. The monoisotopic (exact) mass is 298 g/mol. The fourth-order valence-corrected chi connectivity index (χ4v) is 3.09. The Kier molecular flexibility index (Phi) is 3.66. The van der Waals surface area contributed by atoms with Crippen LogP contribution in [0.25, 0.3) is 0 Å². The lowest BCUT2D eigenvalue weighted by Gasteiger charge is -2.13. The highest BCUT2D eigenvalue weighted by molar-refractivity contribution is 5.87. The maximum Gasteiger partial charge on any atom is 0.335 e. The molecule has 1 atom stereocenters. The van der Waals surface area contributed by atoms with E-state index < -0.39 is 5.97 Å². The molecule has 0 saturated carbocycles. The first kappa shape index (κ1) is 14.3. The summed E-state index contributed by atoms with van der Waals surface area (Å²) in [5, 5.41) is 8.90. The third-order valence-electron chi connectivity index (χ3n) is 4.19. The van der Waals surface area contributed by atoms with Gasteiger partial charge in [-0.25, -0.2) is 9.78 Å². The number of carbonyl (C=O) groups is 1. The molecular formula is C16H18N4O2. The number of carboxylic acids is 1. The van der Waals surface area contributed by atoms with Gasteiger partial charge in [0.2, 0.25) is 5.95 Å². The predicted octanol–water partition coefficient (Wildman–Crippen LogP) is 2.00. The number of aromatic nitrogens is 2. The molecule has 1 aliphatic rings. The maximum atomic E-state index is 10.8. The van der Waals surface area contributed by atoms with Crippen LogP contribution in [0.2, 0.25) is 0 Å². The number of fused-ring (bicyclic) bond motifs is 1. The van der Waals surface area contributed by atoms with Crippen molar-refractivity contribution >= 4 is 17.7 Å². The van der Waals surface area contributed by atoms with Crippen molar-refractivity contribution in [3.05, 3.63) is 46.6 Å². The summed E-state index contributed by atoms with van der Waals surface area (Å²) in [6.07, 6.45) is 3.70. The topological polar surface area (TPSA) is 115 Å². The first-order chi connectivity index (χ1) is 10.5. The molecule has 6 heteroatoms. The molecule has 0 amide bonds. The molecule has 114 valence electrons. The zero-order valence-corrected chi connectivity index (χ0v) is 12.1. The summed E-state index contributed by atoms with van der Waals surface area (Å²) in [5.41, 5.74) is 15.1. The van der Waals surface area contributed by atoms with E-state index in [0.29, 0.717) is 17.3 Å². The number of hydrogen-bond donors (Lipinski definition) is 3. The highest BCUT2D eigenvalue weighted by atomic mass is 16.4. The summed E-state index contributed by atoms with van der Waals surface area (Å²) in [4.78, 5) is 19.2. The number of nitrogen functional groups attached to an aromatic ring is 2. The van der Waals surface area contributed by atoms with Gasteiger partial charge in [-0.15, -0.1) is 0 Å². The zero-order chi connectivity index (χ0) is 15.7. The number of nitrogens with two attached hydrogens (primary N) is 2. The highest BCUT2D eigenvalue weighted by Gasteiger charge is 2.27. The van der Waals surface area contributed by atoms with E-state index in [-0.39, 0.29) is 5.95 Å². The Morgan fingerprint density at radius 2 is 1.95 bits per heavy atom. The van der Waals surface area contributed by atoms with Crippen LogP contribution in [-0.4, -0.2) is 21.0 Å². The fraction of sp³-hybridized carbons (Fsp3) is 0.312. The van der Waals surface area contributed by atoms with Crippen molar-refractivity contribution in [3.8, 4) is 0 Å². The average molecular weight is 298 g/mol. The third-order valence-corrected chi connectivity index (χ3v) is 4.19. The zero-order valence-electron chi connectivity index (χ0n) is 12.1. The Labute approximate surface area is 128 Å². The van der Waals surface area contributed by atoms with Crippen LogP contribution in [0.1, 0.15) is 45.9 Å². The molecule has 3 rings (SSSR count). The van der Waals surface area contributed by atoms with Gasteiger partial charge in [0, 0.05) is 5.56 Å². The van der Waals surface area contributed by atoms with Gasteiger partial charge in [-0.2, -0.15) is 4.98 Å². The van der Waals surface area contributed by atoms with E-state index in [0.717, 1.165) is 42.5 Å². The SMILES string of the molecule is Nc1nc(N)c2c(n1)CCC2CCc1ccc(C(=O)O)cc1. The molecule has 2 aromatic rings. The number of aromatic carboxylic acids is 1. The number of hydrogen-bond acceptors (Lipinski definition) is 5. The normalized spacial score (nSPS) is 16.5. The number of aryl methyl sites for hydroxylation is 2. The molecule has 5 N–H and O–H groups in total. The average Bonchev–Trinajstić information content (AvgIpc) is 2.88. The summed E-state index contributed by atoms with van der Waals surface area (Å²) in [7, 11) is 0. The Morgan fingerprint density at radius 3 is 2.64 bits per heavy atom. The van der Waals surface area contributed by atoms with Crippen LogP contribution in [0.5, 0.6) is 0 Å². The molecular weight excluding hydrogens is 280 g/mol. The van der Waals surface area contributed by atoms with Crippen molar-refractivity contribution in [3.63, 3.8) is 0 Å². The van der Waals surface area contributed by atoms with E-state index >= 15 is 0 Å². The molecule has 1 aliphatic carbocycles. The van der Waals surface area contributed by atoms with Gasteiger partial charge in [0.15, 0.2) is 0 Å². The minimum absolute atomic E-state index is 0.237. The van der Waals surface area contributed by atoms with Gasteiger partial charge in [0.05, 0.1) is 11.3 Å². The number of anilines is 2. The van der Waals surface area contributed by atoms with Crippen LogP contribution in [0.4, 0.5) is 11.8 Å². The van der Waals surface area contributed by atoms with Gasteiger partial charge in [-0.1, -0.05) is 12.1 Å². The highest BCUT2D eigenvalue weighted by Crippen LogP contribution is 2.38. The first-order valence-corrected chi connectivity index (χ1v) is 7.28. The minimum atomic E-state index is -0.904. The van der Waals surface area contributed by atoms with Crippen molar-refractivity contribution in [2.75, 3.05) is 11.5 Å². The Bertz CT molecular complexity index is 713. The van der Waals surface area contributed by atoms with Crippen molar-refractivity contribution < 1.29 is 9.90 Å². The minimum Gasteiger partial charge on any atom is -0.478 e. The molecule has 0 radical (unpaired) electrons. The summed E-state index contributed by atoms with van der Waals surface area (Å²) < 4.78 is 0. The third kappa shape index (κ3) is 2.72. The van der Waals surface area contributed by atoms with Crippen LogP contribution < -0.4 is 11.5 Å². The van der Waals surface area contributed by atoms with Crippen molar-refractivity contribution in [2.45, 2.75) is 31.6 Å². The van der Waals surface area contributed by atoms with Gasteiger partial charge < -0.3 is 16.6 Å². The molecule has 1 aromatic carbocycles. The molecule has 1 unspecified atom stereocenters. The molecule has 0 spiro atoms. The molecule has 0 fully saturated rings. The van der Waals surface area contributed by atoms with E-state index in [2.05, 4.69) is 9.97 Å². The summed E-state index contributed by atoms with van der Waals surface area (Å²) in [6.45, 7) is 0. The number of nitrogens with zero attached hydrogens (tertiary/aromatic N) is 2. The molecule has 6 nitrogen and oxygen atoms in total. The van der Waals surface area contributed by atoms with Gasteiger partial charge >= 0.3 is 5.97 Å². The lowest BCUT2D eigenvalue weighted by Crippen LogP contribution is -2.07. The predicted molar refractivity (Wildman–Crippen MR) is 83.6 cm³/mol. The Hall–Kier alpha value is -2.63. The van der Waals surface area contributed by atoms with Crippen LogP contribution in [-0.2, 0) is 12.8 Å². The van der Waals surface area contributed by atoms with E-state index in [1.54, 1.807) is 12.1 Å². The Balaban J connectivity index is 1.70.